The Labute approximate surface area is 160 Å². The Hall–Kier alpha value is -2.74. The normalized spacial score (nSPS) is 11.0. The minimum atomic E-state index is -0.419. The molecule has 0 radical (unpaired) electrons. The number of esters is 1. The second kappa shape index (κ2) is 8.30. The molecule has 0 unspecified atom stereocenters. The van der Waals surface area contributed by atoms with E-state index in [1.54, 1.807) is 11.5 Å². The number of aryl methyl sites for hydroxylation is 2. The van der Waals surface area contributed by atoms with Gasteiger partial charge in [0.25, 0.3) is 5.56 Å². The second-order valence-electron chi connectivity index (χ2n) is 6.16. The number of aromatic nitrogens is 3. The number of nitrogens with one attached hydrogen (secondary N) is 1. The SMILES string of the molecule is CCOC(=O)CSc1nc(=O)cc(N)n1CCc1c[nH]c2ccc(C)cc12. The fourth-order valence-corrected chi connectivity index (χ4v) is 3.73. The number of aromatic amines is 1. The van der Waals surface area contributed by atoms with E-state index in [2.05, 4.69) is 35.1 Å². The summed E-state index contributed by atoms with van der Waals surface area (Å²) in [5.41, 5.74) is 9.07. The van der Waals surface area contributed by atoms with Crippen LogP contribution in [0.1, 0.15) is 18.1 Å². The van der Waals surface area contributed by atoms with Crippen molar-refractivity contribution >= 4 is 34.5 Å². The van der Waals surface area contributed by atoms with E-state index in [9.17, 15) is 9.59 Å². The number of thioether (sulfide) groups is 1. The summed E-state index contributed by atoms with van der Waals surface area (Å²) in [6, 6.07) is 7.57. The van der Waals surface area contributed by atoms with Crippen molar-refractivity contribution in [3.63, 3.8) is 0 Å². The zero-order valence-electron chi connectivity index (χ0n) is 15.3. The Bertz CT molecular complexity index is 1030. The van der Waals surface area contributed by atoms with Crippen molar-refractivity contribution in [3.8, 4) is 0 Å². The molecule has 8 heteroatoms. The van der Waals surface area contributed by atoms with Crippen LogP contribution in [0.25, 0.3) is 10.9 Å². The number of ether oxygens (including phenoxy) is 1. The molecule has 0 aliphatic rings. The Morgan fingerprint density at radius 2 is 2.19 bits per heavy atom. The van der Waals surface area contributed by atoms with Gasteiger partial charge in [-0.2, -0.15) is 4.98 Å². The molecule has 0 aliphatic heterocycles. The average molecular weight is 386 g/mol. The molecule has 1 aromatic carbocycles. The van der Waals surface area contributed by atoms with Crippen molar-refractivity contribution in [2.45, 2.75) is 32.0 Å². The third-order valence-corrected chi connectivity index (χ3v) is 5.12. The van der Waals surface area contributed by atoms with Crippen molar-refractivity contribution in [2.24, 2.45) is 0 Å². The van der Waals surface area contributed by atoms with E-state index in [0.717, 1.165) is 22.8 Å². The molecule has 0 amide bonds. The molecule has 2 heterocycles. The van der Waals surface area contributed by atoms with Gasteiger partial charge in [0, 0.05) is 29.7 Å². The van der Waals surface area contributed by atoms with E-state index in [1.807, 2.05) is 6.20 Å². The molecule has 0 atom stereocenters. The van der Waals surface area contributed by atoms with Crippen molar-refractivity contribution in [1.82, 2.24) is 14.5 Å². The molecule has 2 aromatic heterocycles. The number of nitrogens with two attached hydrogens (primary N) is 1. The predicted octanol–water partition coefficient (Wildman–Crippen LogP) is 2.51. The van der Waals surface area contributed by atoms with Crippen LogP contribution in [0.5, 0.6) is 0 Å². The van der Waals surface area contributed by atoms with Crippen LogP contribution in [-0.2, 0) is 22.5 Å². The highest BCUT2D eigenvalue weighted by Crippen LogP contribution is 2.22. The van der Waals surface area contributed by atoms with E-state index in [1.165, 1.54) is 17.0 Å². The van der Waals surface area contributed by atoms with Crippen LogP contribution < -0.4 is 11.3 Å². The first-order chi connectivity index (χ1) is 13.0. The number of nitrogen functional groups attached to an aromatic ring is 1. The quantitative estimate of drug-likeness (QED) is 0.367. The Balaban J connectivity index is 1.81. The van der Waals surface area contributed by atoms with Gasteiger partial charge >= 0.3 is 5.97 Å². The smallest absolute Gasteiger partial charge is 0.316 e. The lowest BCUT2D eigenvalue weighted by atomic mass is 10.1. The maximum Gasteiger partial charge on any atom is 0.316 e. The van der Waals surface area contributed by atoms with Gasteiger partial charge in [0.15, 0.2) is 5.16 Å². The largest absolute Gasteiger partial charge is 0.465 e. The van der Waals surface area contributed by atoms with Gasteiger partial charge in [-0.15, -0.1) is 0 Å². The number of fused-ring (bicyclic) bond motifs is 1. The predicted molar refractivity (Wildman–Crippen MR) is 107 cm³/mol. The third-order valence-electron chi connectivity index (χ3n) is 4.17. The number of anilines is 1. The van der Waals surface area contributed by atoms with E-state index in [4.69, 9.17) is 10.5 Å². The molecule has 142 valence electrons. The lowest BCUT2D eigenvalue weighted by Crippen LogP contribution is -2.19. The lowest BCUT2D eigenvalue weighted by molar-refractivity contribution is -0.139. The molecule has 7 nitrogen and oxygen atoms in total. The average Bonchev–Trinajstić information content (AvgIpc) is 3.01. The fourth-order valence-electron chi connectivity index (χ4n) is 2.89. The van der Waals surface area contributed by atoms with E-state index < -0.39 is 5.56 Å². The zero-order valence-corrected chi connectivity index (χ0v) is 16.1. The summed E-state index contributed by atoms with van der Waals surface area (Å²) < 4.78 is 6.70. The van der Waals surface area contributed by atoms with Crippen LogP contribution in [0.2, 0.25) is 0 Å². The summed E-state index contributed by atoms with van der Waals surface area (Å²) in [6.07, 6.45) is 2.70. The number of carbonyl (C=O) groups excluding carboxylic acids is 1. The van der Waals surface area contributed by atoms with Gasteiger partial charge in [0.2, 0.25) is 0 Å². The van der Waals surface area contributed by atoms with Gasteiger partial charge in [-0.1, -0.05) is 23.4 Å². The van der Waals surface area contributed by atoms with Crippen LogP contribution in [0.4, 0.5) is 5.82 Å². The molecule has 3 aromatic rings. The summed E-state index contributed by atoms with van der Waals surface area (Å²) in [5, 5.41) is 1.59. The van der Waals surface area contributed by atoms with E-state index >= 15 is 0 Å². The standard InChI is InChI=1S/C19H22N4O3S/c1-3-26-18(25)11-27-19-22-17(24)9-16(20)23(19)7-6-13-10-21-15-5-4-12(2)8-14(13)15/h4-5,8-10,21H,3,6-7,11,20H2,1-2H3. The topological polar surface area (TPSA) is 103 Å². The Morgan fingerprint density at radius 3 is 2.96 bits per heavy atom. The lowest BCUT2D eigenvalue weighted by Gasteiger charge is -2.14. The second-order valence-corrected chi connectivity index (χ2v) is 7.10. The van der Waals surface area contributed by atoms with Crippen molar-refractivity contribution < 1.29 is 9.53 Å². The van der Waals surface area contributed by atoms with Crippen LogP contribution >= 0.6 is 11.8 Å². The van der Waals surface area contributed by atoms with Gasteiger partial charge in [-0.25, -0.2) is 0 Å². The highest BCUT2D eigenvalue weighted by atomic mass is 32.2. The first-order valence-corrected chi connectivity index (χ1v) is 9.69. The van der Waals surface area contributed by atoms with Crippen LogP contribution in [0.15, 0.2) is 40.4 Å². The molecule has 0 aliphatic carbocycles. The molecule has 0 fully saturated rings. The molecule has 0 saturated carbocycles. The zero-order chi connectivity index (χ0) is 19.4. The summed E-state index contributed by atoms with van der Waals surface area (Å²) in [5.74, 6) is 0.0611. The Morgan fingerprint density at radius 1 is 1.37 bits per heavy atom. The first-order valence-electron chi connectivity index (χ1n) is 8.70. The summed E-state index contributed by atoms with van der Waals surface area (Å²) in [7, 11) is 0. The summed E-state index contributed by atoms with van der Waals surface area (Å²) in [6.45, 7) is 4.67. The minimum absolute atomic E-state index is 0.0794. The number of carbonyl (C=O) groups is 1. The van der Waals surface area contributed by atoms with Crippen LogP contribution in [0, 0.1) is 6.92 Å². The Kier molecular flexibility index (Phi) is 5.85. The van der Waals surface area contributed by atoms with Gasteiger partial charge < -0.3 is 20.0 Å². The van der Waals surface area contributed by atoms with Gasteiger partial charge in [0.05, 0.1) is 12.4 Å². The van der Waals surface area contributed by atoms with Crippen LogP contribution in [0.3, 0.4) is 0 Å². The molecule has 27 heavy (non-hydrogen) atoms. The number of rotatable bonds is 7. The maximum atomic E-state index is 11.7. The minimum Gasteiger partial charge on any atom is -0.465 e. The molecule has 3 rings (SSSR count). The fraction of sp³-hybridized carbons (Fsp3) is 0.316. The van der Waals surface area contributed by atoms with Crippen molar-refractivity contribution in [2.75, 3.05) is 18.1 Å². The van der Waals surface area contributed by atoms with Gasteiger partial charge in [-0.05, 0) is 38.0 Å². The number of benzene rings is 1. The van der Waals surface area contributed by atoms with E-state index in [-0.39, 0.29) is 11.7 Å². The van der Waals surface area contributed by atoms with Crippen molar-refractivity contribution in [3.05, 3.63) is 51.9 Å². The van der Waals surface area contributed by atoms with Crippen molar-refractivity contribution in [1.29, 1.82) is 0 Å². The molecule has 3 N–H and O–H groups in total. The van der Waals surface area contributed by atoms with E-state index in [0.29, 0.717) is 30.5 Å². The summed E-state index contributed by atoms with van der Waals surface area (Å²) >= 11 is 1.16. The molecule has 0 spiro atoms. The summed E-state index contributed by atoms with van der Waals surface area (Å²) in [4.78, 5) is 30.7. The molecule has 0 bridgehead atoms. The molecular weight excluding hydrogens is 364 g/mol. The number of nitrogens with zero attached hydrogens (tertiary/aromatic N) is 2. The number of hydrogen-bond acceptors (Lipinski definition) is 6. The first kappa shape index (κ1) is 19.0. The number of hydrogen-bond donors (Lipinski definition) is 2. The number of H-pyrrole nitrogens is 1. The highest BCUT2D eigenvalue weighted by Gasteiger charge is 2.13. The highest BCUT2D eigenvalue weighted by molar-refractivity contribution is 7.99. The van der Waals surface area contributed by atoms with Gasteiger partial charge in [0.1, 0.15) is 5.82 Å². The third kappa shape index (κ3) is 4.51. The van der Waals surface area contributed by atoms with Gasteiger partial charge in [-0.3, -0.25) is 9.59 Å². The molecular formula is C19H22N4O3S. The monoisotopic (exact) mass is 386 g/mol. The molecule has 0 saturated heterocycles. The van der Waals surface area contributed by atoms with Crippen LogP contribution in [-0.4, -0.2) is 32.9 Å². The maximum absolute atomic E-state index is 11.7.